The maximum absolute atomic E-state index is 12.0. The topological polar surface area (TPSA) is 87.6 Å². The second kappa shape index (κ2) is 10.0. The van der Waals surface area contributed by atoms with Crippen molar-refractivity contribution in [3.8, 4) is 0 Å². The molecule has 2 aliphatic rings. The van der Waals surface area contributed by atoms with Crippen LogP contribution in [0.15, 0.2) is 34.2 Å². The number of nitrogens with one attached hydrogen (secondary N) is 2. The number of nitrogens with zero attached hydrogens (tertiary/aromatic N) is 1. The third kappa shape index (κ3) is 5.80. The third-order valence-corrected chi connectivity index (χ3v) is 6.98. The van der Waals surface area contributed by atoms with Gasteiger partial charge in [-0.05, 0) is 43.7 Å². The first kappa shape index (κ1) is 20.8. The maximum atomic E-state index is 12.0. The van der Waals surface area contributed by atoms with Crippen LogP contribution >= 0.6 is 0 Å². The van der Waals surface area contributed by atoms with Gasteiger partial charge in [-0.1, -0.05) is 44.2 Å². The van der Waals surface area contributed by atoms with Gasteiger partial charge in [0.05, 0.1) is 4.90 Å². The van der Waals surface area contributed by atoms with Crippen LogP contribution in [0.4, 0.5) is 0 Å². The van der Waals surface area contributed by atoms with Gasteiger partial charge < -0.3 is 5.32 Å². The Bertz CT molecular complexity index is 799. The van der Waals surface area contributed by atoms with Crippen LogP contribution in [0.3, 0.4) is 0 Å². The molecule has 0 radical (unpaired) electrons. The highest BCUT2D eigenvalue weighted by atomic mass is 32.2. The van der Waals surface area contributed by atoms with E-state index in [2.05, 4.69) is 15.0 Å². The predicted octanol–water partition coefficient (Wildman–Crippen LogP) is 3.37. The van der Waals surface area contributed by atoms with Gasteiger partial charge in [0.2, 0.25) is 5.91 Å². The molecule has 0 saturated heterocycles. The molecule has 2 N–H and O–H groups in total. The van der Waals surface area contributed by atoms with Gasteiger partial charge in [-0.2, -0.15) is 0 Å². The molecule has 3 rings (SSSR count). The number of carbonyl (C=O) groups excluding carboxylic acids is 1. The fourth-order valence-corrected chi connectivity index (χ4v) is 5.27. The Morgan fingerprint density at radius 3 is 2.71 bits per heavy atom. The highest BCUT2D eigenvalue weighted by Crippen LogP contribution is 2.28. The molecule has 1 fully saturated rings. The number of hydrogen-bond donors (Lipinski definition) is 2. The van der Waals surface area contributed by atoms with Gasteiger partial charge in [-0.15, -0.1) is 0 Å². The molecule has 1 aliphatic heterocycles. The van der Waals surface area contributed by atoms with Crippen molar-refractivity contribution in [2.75, 3.05) is 13.1 Å². The van der Waals surface area contributed by atoms with Crippen LogP contribution in [0.1, 0.15) is 69.8 Å². The molecule has 1 amide bonds. The number of rotatable bonds is 10. The SMILES string of the molecule is O=C(CCCCCN=C1NS(=O)(=O)c2ccccc21)NCCCC1CCCC1. The van der Waals surface area contributed by atoms with Crippen molar-refractivity contribution in [3.63, 3.8) is 0 Å². The van der Waals surface area contributed by atoms with E-state index < -0.39 is 10.0 Å². The van der Waals surface area contributed by atoms with E-state index in [9.17, 15) is 13.2 Å². The number of carbonyl (C=O) groups is 1. The Kier molecular flexibility index (Phi) is 7.48. The van der Waals surface area contributed by atoms with Crippen molar-refractivity contribution in [2.45, 2.75) is 69.1 Å². The second-order valence-corrected chi connectivity index (χ2v) is 9.44. The summed E-state index contributed by atoms with van der Waals surface area (Å²) < 4.78 is 26.6. The van der Waals surface area contributed by atoms with Crippen molar-refractivity contribution in [2.24, 2.45) is 10.9 Å². The molecule has 6 nitrogen and oxygen atoms in total. The van der Waals surface area contributed by atoms with E-state index in [4.69, 9.17) is 0 Å². The molecular formula is C21H31N3O3S. The lowest BCUT2D eigenvalue weighted by Gasteiger charge is -2.09. The minimum Gasteiger partial charge on any atom is -0.356 e. The normalized spacial score (nSPS) is 19.5. The minimum atomic E-state index is -3.46. The highest BCUT2D eigenvalue weighted by molar-refractivity contribution is 7.90. The summed E-state index contributed by atoms with van der Waals surface area (Å²) in [5.41, 5.74) is 0.638. The summed E-state index contributed by atoms with van der Waals surface area (Å²) in [5.74, 6) is 1.45. The number of hydrogen-bond acceptors (Lipinski definition) is 4. The largest absolute Gasteiger partial charge is 0.356 e. The number of benzene rings is 1. The Morgan fingerprint density at radius 2 is 1.89 bits per heavy atom. The molecule has 0 atom stereocenters. The zero-order chi connectivity index (χ0) is 19.8. The standard InChI is InChI=1S/C21H31N3O3S/c25-20(22-16-8-11-17-9-3-4-10-17)14-2-1-7-15-23-21-18-12-5-6-13-19(18)28(26,27)24-21/h5-6,12-13,17H,1-4,7-11,14-16H2,(H,22,25)(H,23,24). The molecule has 1 aromatic rings. The van der Waals surface area contributed by atoms with Crippen LogP contribution in [-0.2, 0) is 14.8 Å². The van der Waals surface area contributed by atoms with E-state index in [-0.39, 0.29) is 5.91 Å². The van der Waals surface area contributed by atoms with Gasteiger partial charge in [0, 0.05) is 25.1 Å². The van der Waals surface area contributed by atoms with E-state index >= 15 is 0 Å². The van der Waals surface area contributed by atoms with Crippen molar-refractivity contribution >= 4 is 21.8 Å². The van der Waals surface area contributed by atoms with Crippen molar-refractivity contribution in [1.82, 2.24) is 10.0 Å². The monoisotopic (exact) mass is 405 g/mol. The van der Waals surface area contributed by atoms with Crippen LogP contribution in [0.25, 0.3) is 0 Å². The van der Waals surface area contributed by atoms with E-state index in [1.54, 1.807) is 18.2 Å². The average Bonchev–Trinajstić information content (AvgIpc) is 3.28. The summed E-state index contributed by atoms with van der Waals surface area (Å²) >= 11 is 0. The van der Waals surface area contributed by atoms with Crippen LogP contribution in [-0.4, -0.2) is 33.3 Å². The van der Waals surface area contributed by atoms with Crippen LogP contribution in [0.5, 0.6) is 0 Å². The summed E-state index contributed by atoms with van der Waals surface area (Å²) in [6.07, 6.45) is 10.9. The fraction of sp³-hybridized carbons (Fsp3) is 0.619. The molecule has 0 aromatic heterocycles. The van der Waals surface area contributed by atoms with Gasteiger partial charge in [0.1, 0.15) is 5.84 Å². The molecular weight excluding hydrogens is 374 g/mol. The Morgan fingerprint density at radius 1 is 1.11 bits per heavy atom. The first-order valence-corrected chi connectivity index (χ1v) is 12.0. The Hall–Kier alpha value is -1.89. The van der Waals surface area contributed by atoms with Crippen LogP contribution < -0.4 is 10.0 Å². The predicted molar refractivity (Wildman–Crippen MR) is 111 cm³/mol. The van der Waals surface area contributed by atoms with E-state index in [1.807, 2.05) is 6.07 Å². The van der Waals surface area contributed by atoms with Gasteiger partial charge >= 0.3 is 0 Å². The Balaban J connectivity index is 1.27. The first-order chi connectivity index (χ1) is 13.6. The van der Waals surface area contributed by atoms with Gasteiger partial charge in [-0.25, -0.2) is 8.42 Å². The van der Waals surface area contributed by atoms with E-state index in [0.29, 0.717) is 29.3 Å². The van der Waals surface area contributed by atoms with Crippen LogP contribution in [0.2, 0.25) is 0 Å². The minimum absolute atomic E-state index is 0.134. The molecule has 0 bridgehead atoms. The summed E-state index contributed by atoms with van der Waals surface area (Å²) in [6.45, 7) is 1.34. The number of fused-ring (bicyclic) bond motifs is 1. The number of unbranched alkanes of at least 4 members (excludes halogenated alkanes) is 2. The van der Waals surface area contributed by atoms with Gasteiger partial charge in [0.25, 0.3) is 10.0 Å². The lowest BCUT2D eigenvalue weighted by molar-refractivity contribution is -0.121. The van der Waals surface area contributed by atoms with Gasteiger partial charge in [0.15, 0.2) is 0 Å². The lowest BCUT2D eigenvalue weighted by Crippen LogP contribution is -2.24. The number of amidine groups is 1. The molecule has 1 aliphatic carbocycles. The summed E-state index contributed by atoms with van der Waals surface area (Å²) in [5, 5.41) is 3.02. The molecule has 154 valence electrons. The Labute approximate surface area is 168 Å². The van der Waals surface area contributed by atoms with Crippen molar-refractivity contribution in [1.29, 1.82) is 0 Å². The smallest absolute Gasteiger partial charge is 0.263 e. The molecule has 1 aromatic carbocycles. The molecule has 28 heavy (non-hydrogen) atoms. The summed E-state index contributed by atoms with van der Waals surface area (Å²) in [7, 11) is -3.46. The molecule has 0 spiro atoms. The highest BCUT2D eigenvalue weighted by Gasteiger charge is 2.29. The number of amides is 1. The van der Waals surface area contributed by atoms with E-state index in [1.165, 1.54) is 32.1 Å². The summed E-state index contributed by atoms with van der Waals surface area (Å²) in [4.78, 5) is 16.6. The zero-order valence-corrected chi connectivity index (χ0v) is 17.3. The third-order valence-electron chi connectivity index (χ3n) is 5.58. The van der Waals surface area contributed by atoms with Crippen molar-refractivity contribution in [3.05, 3.63) is 29.8 Å². The second-order valence-electron chi connectivity index (χ2n) is 7.79. The molecule has 0 unspecified atom stereocenters. The van der Waals surface area contributed by atoms with E-state index in [0.717, 1.165) is 38.1 Å². The molecule has 1 saturated carbocycles. The van der Waals surface area contributed by atoms with Gasteiger partial charge in [-0.3, -0.25) is 14.5 Å². The summed E-state index contributed by atoms with van der Waals surface area (Å²) in [6, 6.07) is 6.87. The lowest BCUT2D eigenvalue weighted by atomic mass is 10.0. The van der Waals surface area contributed by atoms with Crippen LogP contribution in [0, 0.1) is 5.92 Å². The maximum Gasteiger partial charge on any atom is 0.263 e. The first-order valence-electron chi connectivity index (χ1n) is 10.5. The number of sulfonamides is 1. The molecule has 7 heteroatoms. The molecule has 1 heterocycles. The number of aliphatic imine (C=N–C) groups is 1. The zero-order valence-electron chi connectivity index (χ0n) is 16.5. The van der Waals surface area contributed by atoms with Crippen molar-refractivity contribution < 1.29 is 13.2 Å². The average molecular weight is 406 g/mol. The quantitative estimate of drug-likeness (QED) is 0.585. The fourth-order valence-electron chi connectivity index (χ4n) is 4.02.